The Bertz CT molecular complexity index is 465. The van der Waals surface area contributed by atoms with Crippen molar-refractivity contribution in [2.24, 2.45) is 10.9 Å². The first kappa shape index (κ1) is 14.8. The van der Waals surface area contributed by atoms with Gasteiger partial charge in [-0.3, -0.25) is 0 Å². The van der Waals surface area contributed by atoms with Crippen LogP contribution in [0.5, 0.6) is 0 Å². The van der Waals surface area contributed by atoms with Crippen molar-refractivity contribution >= 4 is 27.5 Å². The maximum atomic E-state index is 14.2. The topological polar surface area (TPSA) is 61.8 Å². The van der Waals surface area contributed by atoms with Gasteiger partial charge in [0.1, 0.15) is 0 Å². The van der Waals surface area contributed by atoms with Gasteiger partial charge in [-0.1, -0.05) is 12.1 Å². The second-order valence-electron chi connectivity index (χ2n) is 4.11. The highest BCUT2D eigenvalue weighted by atomic mass is 79.9. The molecule has 0 aromatic heterocycles. The number of oxime groups is 1. The molecule has 0 bridgehead atoms. The van der Waals surface area contributed by atoms with E-state index in [9.17, 15) is 4.39 Å². The molecule has 18 heavy (non-hydrogen) atoms. The molecule has 100 valence electrons. The second kappa shape index (κ2) is 6.04. The zero-order chi connectivity index (χ0) is 13.9. The van der Waals surface area contributed by atoms with E-state index in [-0.39, 0.29) is 16.4 Å². The summed E-state index contributed by atoms with van der Waals surface area (Å²) in [7, 11) is 1.84. The molecule has 1 atom stereocenters. The van der Waals surface area contributed by atoms with E-state index in [1.54, 1.807) is 12.1 Å². The molecule has 0 fully saturated rings. The van der Waals surface area contributed by atoms with E-state index < -0.39 is 5.82 Å². The van der Waals surface area contributed by atoms with Gasteiger partial charge in [0.2, 0.25) is 0 Å². The first-order chi connectivity index (χ1) is 8.43. The van der Waals surface area contributed by atoms with Gasteiger partial charge >= 0.3 is 0 Å². The molecular formula is C12H17BrFN3O. The van der Waals surface area contributed by atoms with Crippen LogP contribution in [0.4, 0.5) is 10.1 Å². The average Bonchev–Trinajstić information content (AvgIpc) is 2.39. The number of halogens is 2. The van der Waals surface area contributed by atoms with Gasteiger partial charge in [-0.05, 0) is 41.4 Å². The quantitative estimate of drug-likeness (QED) is 0.388. The minimum Gasteiger partial charge on any atom is -0.409 e. The van der Waals surface area contributed by atoms with Gasteiger partial charge in [0.15, 0.2) is 11.7 Å². The zero-order valence-electron chi connectivity index (χ0n) is 10.6. The Morgan fingerprint density at radius 1 is 1.61 bits per heavy atom. The molecule has 1 unspecified atom stereocenters. The average molecular weight is 318 g/mol. The van der Waals surface area contributed by atoms with Gasteiger partial charge in [0, 0.05) is 18.7 Å². The molecule has 4 nitrogen and oxygen atoms in total. The Hall–Kier alpha value is -1.30. The van der Waals surface area contributed by atoms with Crippen molar-refractivity contribution in [3.05, 3.63) is 28.0 Å². The number of anilines is 1. The number of hydrogen-bond donors (Lipinski definition) is 2. The number of hydrogen-bond acceptors (Lipinski definition) is 3. The van der Waals surface area contributed by atoms with Gasteiger partial charge in [0.25, 0.3) is 0 Å². The minimum atomic E-state index is -0.415. The number of benzene rings is 1. The Kier molecular flexibility index (Phi) is 4.95. The fourth-order valence-electron chi connectivity index (χ4n) is 1.57. The molecule has 0 aliphatic carbocycles. The van der Waals surface area contributed by atoms with Crippen LogP contribution in [0.2, 0.25) is 0 Å². The molecule has 1 aromatic rings. The number of rotatable bonds is 4. The smallest absolute Gasteiger partial charge is 0.171 e. The van der Waals surface area contributed by atoms with Crippen LogP contribution in [-0.2, 0) is 0 Å². The van der Waals surface area contributed by atoms with Crippen LogP contribution in [0.3, 0.4) is 0 Å². The van der Waals surface area contributed by atoms with E-state index >= 15 is 0 Å². The lowest BCUT2D eigenvalue weighted by Crippen LogP contribution is -2.29. The van der Waals surface area contributed by atoms with Gasteiger partial charge in [-0.25, -0.2) is 4.39 Å². The summed E-state index contributed by atoms with van der Waals surface area (Å²) in [6.07, 6.45) is 0.912. The summed E-state index contributed by atoms with van der Waals surface area (Å²) in [4.78, 5) is 1.86. The van der Waals surface area contributed by atoms with E-state index in [0.29, 0.717) is 11.3 Å². The van der Waals surface area contributed by atoms with Crippen molar-refractivity contribution in [2.45, 2.75) is 26.3 Å². The summed E-state index contributed by atoms with van der Waals surface area (Å²) in [5.74, 6) is -0.541. The Morgan fingerprint density at radius 3 is 2.72 bits per heavy atom. The van der Waals surface area contributed by atoms with E-state index in [1.165, 1.54) is 0 Å². The Balaban J connectivity index is 3.24. The predicted molar refractivity (Wildman–Crippen MR) is 74.8 cm³/mol. The lowest BCUT2D eigenvalue weighted by molar-refractivity contribution is 0.318. The van der Waals surface area contributed by atoms with Crippen LogP contribution in [0.1, 0.15) is 25.8 Å². The van der Waals surface area contributed by atoms with Crippen molar-refractivity contribution in [2.75, 3.05) is 11.9 Å². The molecule has 0 aliphatic heterocycles. The number of nitrogens with zero attached hydrogens (tertiary/aromatic N) is 2. The molecule has 6 heteroatoms. The molecule has 1 aromatic carbocycles. The van der Waals surface area contributed by atoms with Crippen LogP contribution in [0.15, 0.2) is 21.8 Å². The van der Waals surface area contributed by atoms with Crippen LogP contribution < -0.4 is 10.6 Å². The fraction of sp³-hybridized carbons (Fsp3) is 0.417. The molecular weight excluding hydrogens is 301 g/mol. The predicted octanol–water partition coefficient (Wildman–Crippen LogP) is 2.92. The molecule has 0 saturated carbocycles. The second-order valence-corrected chi connectivity index (χ2v) is 4.91. The first-order valence-corrected chi connectivity index (χ1v) is 6.42. The molecule has 0 heterocycles. The third kappa shape index (κ3) is 2.75. The van der Waals surface area contributed by atoms with Gasteiger partial charge < -0.3 is 15.8 Å². The summed E-state index contributed by atoms with van der Waals surface area (Å²) in [6, 6.07) is 3.47. The number of amidine groups is 1. The molecule has 0 aliphatic rings. The third-order valence-corrected chi connectivity index (χ3v) is 3.85. The van der Waals surface area contributed by atoms with E-state index in [0.717, 1.165) is 6.42 Å². The van der Waals surface area contributed by atoms with Crippen molar-refractivity contribution in [3.63, 3.8) is 0 Å². The standard InChI is InChI=1S/C12H17BrFN3O/c1-4-7(2)17(3)9-6-5-8(12(15)16-18)10(13)11(9)14/h5-7,18H,4H2,1-3H3,(H2,15,16). The maximum Gasteiger partial charge on any atom is 0.171 e. The van der Waals surface area contributed by atoms with Crippen LogP contribution in [0, 0.1) is 5.82 Å². The van der Waals surface area contributed by atoms with Gasteiger partial charge in [-0.2, -0.15) is 0 Å². The molecule has 0 amide bonds. The van der Waals surface area contributed by atoms with Crippen LogP contribution in [0.25, 0.3) is 0 Å². The molecule has 0 radical (unpaired) electrons. The van der Waals surface area contributed by atoms with Crippen LogP contribution >= 0.6 is 15.9 Å². The van der Waals surface area contributed by atoms with E-state index in [2.05, 4.69) is 21.1 Å². The summed E-state index contributed by atoms with van der Waals surface area (Å²) in [6.45, 7) is 4.06. The zero-order valence-corrected chi connectivity index (χ0v) is 12.2. The van der Waals surface area contributed by atoms with Crippen molar-refractivity contribution < 1.29 is 9.60 Å². The SMILES string of the molecule is CCC(C)N(C)c1ccc(/C(N)=N/O)c(Br)c1F. The van der Waals surface area contributed by atoms with Crippen molar-refractivity contribution in [1.29, 1.82) is 0 Å². The summed E-state index contributed by atoms with van der Waals surface area (Å²) >= 11 is 3.14. The van der Waals surface area contributed by atoms with Gasteiger partial charge in [0.05, 0.1) is 10.2 Å². The minimum absolute atomic E-state index is 0.126. The Labute approximate surface area is 114 Å². The highest BCUT2D eigenvalue weighted by Gasteiger charge is 2.18. The molecule has 3 N–H and O–H groups in total. The van der Waals surface area contributed by atoms with Crippen molar-refractivity contribution in [3.8, 4) is 0 Å². The lowest BCUT2D eigenvalue weighted by Gasteiger charge is -2.27. The fourth-order valence-corrected chi connectivity index (χ4v) is 2.11. The van der Waals surface area contributed by atoms with Crippen LogP contribution in [-0.4, -0.2) is 24.1 Å². The monoisotopic (exact) mass is 317 g/mol. The van der Waals surface area contributed by atoms with E-state index in [1.807, 2.05) is 25.8 Å². The maximum absolute atomic E-state index is 14.2. The highest BCUT2D eigenvalue weighted by molar-refractivity contribution is 9.10. The summed E-state index contributed by atoms with van der Waals surface area (Å²) < 4.78 is 14.4. The summed E-state index contributed by atoms with van der Waals surface area (Å²) in [5.41, 5.74) is 6.27. The van der Waals surface area contributed by atoms with Crippen molar-refractivity contribution in [1.82, 2.24) is 0 Å². The molecule has 0 spiro atoms. The molecule has 0 saturated heterocycles. The first-order valence-electron chi connectivity index (χ1n) is 5.62. The third-order valence-electron chi connectivity index (χ3n) is 3.08. The van der Waals surface area contributed by atoms with E-state index in [4.69, 9.17) is 10.9 Å². The van der Waals surface area contributed by atoms with Gasteiger partial charge in [-0.15, -0.1) is 0 Å². The lowest BCUT2D eigenvalue weighted by atomic mass is 10.1. The highest BCUT2D eigenvalue weighted by Crippen LogP contribution is 2.30. The number of nitrogens with two attached hydrogens (primary N) is 1. The summed E-state index contributed by atoms with van der Waals surface area (Å²) in [5, 5.41) is 11.5. The molecule has 1 rings (SSSR count). The normalized spacial score (nSPS) is 13.5. The largest absolute Gasteiger partial charge is 0.409 e. The Morgan fingerprint density at radius 2 is 2.22 bits per heavy atom.